The first-order valence-electron chi connectivity index (χ1n) is 4.96. The second-order valence-corrected chi connectivity index (χ2v) is 3.06. The van der Waals surface area contributed by atoms with Gasteiger partial charge in [-0.05, 0) is 18.6 Å². The molecule has 0 unspecified atom stereocenters. The molecule has 0 bridgehead atoms. The fourth-order valence-corrected chi connectivity index (χ4v) is 0.902. The second-order valence-electron chi connectivity index (χ2n) is 3.06. The lowest BCUT2D eigenvalue weighted by Gasteiger charge is -2.03. The molecule has 0 atom stereocenters. The van der Waals surface area contributed by atoms with E-state index in [1.807, 2.05) is 6.92 Å². The van der Waals surface area contributed by atoms with Crippen LogP contribution in [0.25, 0.3) is 0 Å². The molecular formula is C11H14F3NO3. The third-order valence-electron chi connectivity index (χ3n) is 1.59. The molecule has 0 aliphatic heterocycles. The summed E-state index contributed by atoms with van der Waals surface area (Å²) in [7, 11) is 1.51. The lowest BCUT2D eigenvalue weighted by molar-refractivity contribution is -0.199. The van der Waals surface area contributed by atoms with Crippen molar-refractivity contribution in [3.8, 4) is 0 Å². The maximum atomic E-state index is 11.7. The Bertz CT molecular complexity index is 346. The molecule has 0 amide bonds. The van der Waals surface area contributed by atoms with Gasteiger partial charge in [0.1, 0.15) is 0 Å². The van der Waals surface area contributed by atoms with E-state index in [1.54, 1.807) is 18.2 Å². The molecule has 0 fully saturated rings. The summed E-state index contributed by atoms with van der Waals surface area (Å²) in [4.78, 5) is 13.8. The predicted octanol–water partition coefficient (Wildman–Crippen LogP) is 2.27. The Balaban J connectivity index is 4.17. The van der Waals surface area contributed by atoms with Crippen molar-refractivity contribution in [2.75, 3.05) is 20.4 Å². The van der Waals surface area contributed by atoms with Gasteiger partial charge in [0.15, 0.2) is 6.73 Å². The van der Waals surface area contributed by atoms with Crippen LogP contribution in [-0.4, -0.2) is 38.8 Å². The number of aliphatic imine (C=N–C) groups is 1. The van der Waals surface area contributed by atoms with Crippen molar-refractivity contribution < 1.29 is 27.4 Å². The van der Waals surface area contributed by atoms with Crippen molar-refractivity contribution in [1.82, 2.24) is 0 Å². The van der Waals surface area contributed by atoms with Crippen LogP contribution < -0.4 is 0 Å². The largest absolute Gasteiger partial charge is 0.490 e. The number of carbonyl (C=O) groups is 1. The quantitative estimate of drug-likeness (QED) is 0.420. The number of methoxy groups -OCH3 is 1. The van der Waals surface area contributed by atoms with Gasteiger partial charge in [0.2, 0.25) is 0 Å². The average Bonchev–Trinajstić information content (AvgIpc) is 2.27. The maximum absolute atomic E-state index is 11.7. The zero-order valence-corrected chi connectivity index (χ0v) is 10.0. The first-order valence-corrected chi connectivity index (χ1v) is 4.96. The molecule has 0 aliphatic carbocycles. The Labute approximate surface area is 103 Å². The number of nitrogens with zero attached hydrogens (tertiary/aromatic N) is 1. The molecule has 0 saturated heterocycles. The number of hydrogen-bond acceptors (Lipinski definition) is 4. The summed E-state index contributed by atoms with van der Waals surface area (Å²) in [5.74, 6) is -2.26. The van der Waals surface area contributed by atoms with Crippen molar-refractivity contribution in [3.05, 3.63) is 23.8 Å². The highest BCUT2D eigenvalue weighted by molar-refractivity contribution is 5.76. The summed E-state index contributed by atoms with van der Waals surface area (Å²) < 4.78 is 43.9. The van der Waals surface area contributed by atoms with Crippen LogP contribution in [0.4, 0.5) is 13.2 Å². The molecule has 102 valence electrons. The number of carbonyl (C=O) groups excluding carboxylic acids is 1. The first-order chi connectivity index (χ1) is 8.41. The van der Waals surface area contributed by atoms with E-state index in [0.717, 1.165) is 5.57 Å². The van der Waals surface area contributed by atoms with Crippen molar-refractivity contribution in [3.63, 3.8) is 0 Å². The van der Waals surface area contributed by atoms with E-state index in [-0.39, 0.29) is 0 Å². The molecule has 18 heavy (non-hydrogen) atoms. The zero-order valence-electron chi connectivity index (χ0n) is 10.0. The molecule has 0 radical (unpaired) electrons. The van der Waals surface area contributed by atoms with Gasteiger partial charge in [-0.3, -0.25) is 4.99 Å². The number of halogens is 3. The number of allylic oxidation sites excluding steroid dienone is 2. The normalized spacial score (nSPS) is 13.5. The molecule has 0 spiro atoms. The van der Waals surface area contributed by atoms with E-state index in [4.69, 9.17) is 4.74 Å². The summed E-state index contributed by atoms with van der Waals surface area (Å²) in [6, 6.07) is 0. The summed E-state index contributed by atoms with van der Waals surface area (Å²) in [6.45, 7) is 1.48. The highest BCUT2D eigenvalue weighted by Gasteiger charge is 2.40. The number of alkyl halides is 3. The number of ether oxygens (including phenoxy) is 2. The predicted molar refractivity (Wildman–Crippen MR) is 60.3 cm³/mol. The van der Waals surface area contributed by atoms with Crippen molar-refractivity contribution in [2.45, 2.75) is 13.1 Å². The van der Waals surface area contributed by atoms with Gasteiger partial charge in [-0.1, -0.05) is 12.2 Å². The maximum Gasteiger partial charge on any atom is 0.490 e. The Morgan fingerprint density at radius 3 is 2.56 bits per heavy atom. The van der Waals surface area contributed by atoms with Gasteiger partial charge in [0.25, 0.3) is 0 Å². The summed E-state index contributed by atoms with van der Waals surface area (Å²) >= 11 is 0. The van der Waals surface area contributed by atoms with Gasteiger partial charge in [-0.25, -0.2) is 4.79 Å². The highest BCUT2D eigenvalue weighted by Crippen LogP contribution is 2.16. The molecule has 0 rings (SSSR count). The third-order valence-corrected chi connectivity index (χ3v) is 1.59. The Morgan fingerprint density at radius 1 is 1.39 bits per heavy atom. The second kappa shape index (κ2) is 8.46. The molecule has 0 saturated carbocycles. The monoisotopic (exact) mass is 265 g/mol. The molecule has 0 aromatic heterocycles. The van der Waals surface area contributed by atoms with Crippen LogP contribution in [-0.2, 0) is 14.3 Å². The van der Waals surface area contributed by atoms with Gasteiger partial charge in [-0.2, -0.15) is 13.2 Å². The Kier molecular flexibility index (Phi) is 7.69. The summed E-state index contributed by atoms with van der Waals surface area (Å²) in [6.07, 6.45) is 1.35. The number of rotatable bonds is 6. The summed E-state index contributed by atoms with van der Waals surface area (Å²) in [5, 5.41) is 0. The first kappa shape index (κ1) is 16.4. The minimum absolute atomic E-state index is 0.346. The van der Waals surface area contributed by atoms with Crippen molar-refractivity contribution in [1.29, 1.82) is 0 Å². The van der Waals surface area contributed by atoms with E-state index >= 15 is 0 Å². The van der Waals surface area contributed by atoms with Gasteiger partial charge in [0.05, 0.1) is 6.61 Å². The van der Waals surface area contributed by atoms with Crippen LogP contribution in [0.5, 0.6) is 0 Å². The third kappa shape index (κ3) is 7.61. The zero-order chi connectivity index (χ0) is 14.0. The lowest BCUT2D eigenvalue weighted by atomic mass is 10.2. The molecule has 0 aliphatic rings. The molecule has 0 heterocycles. The molecule has 0 aromatic carbocycles. The van der Waals surface area contributed by atoms with Gasteiger partial charge < -0.3 is 9.47 Å². The van der Waals surface area contributed by atoms with Crippen LogP contribution in [0, 0.1) is 0 Å². The lowest BCUT2D eigenvalue weighted by Crippen LogP contribution is -2.25. The van der Waals surface area contributed by atoms with Gasteiger partial charge in [-0.15, -0.1) is 0 Å². The van der Waals surface area contributed by atoms with Gasteiger partial charge >= 0.3 is 12.1 Å². The molecule has 0 N–H and O–H groups in total. The minimum atomic E-state index is -4.99. The SMILES string of the molecule is C/C=C\C(=C/C=NCOC(=O)C(F)(F)F)COC. The minimum Gasteiger partial charge on any atom is -0.436 e. The van der Waals surface area contributed by atoms with Crippen LogP contribution in [0.15, 0.2) is 28.8 Å². The summed E-state index contributed by atoms with van der Waals surface area (Å²) in [5.41, 5.74) is 0.783. The highest BCUT2D eigenvalue weighted by atomic mass is 19.4. The van der Waals surface area contributed by atoms with Crippen LogP contribution in [0.3, 0.4) is 0 Å². The topological polar surface area (TPSA) is 47.9 Å². The average molecular weight is 265 g/mol. The van der Waals surface area contributed by atoms with E-state index in [9.17, 15) is 18.0 Å². The van der Waals surface area contributed by atoms with E-state index in [2.05, 4.69) is 9.73 Å². The molecular weight excluding hydrogens is 251 g/mol. The fraction of sp³-hybridized carbons (Fsp3) is 0.455. The van der Waals surface area contributed by atoms with Crippen molar-refractivity contribution >= 4 is 12.2 Å². The van der Waals surface area contributed by atoms with E-state index in [0.29, 0.717) is 6.61 Å². The Hall–Kier alpha value is -1.63. The van der Waals surface area contributed by atoms with Gasteiger partial charge in [0, 0.05) is 13.3 Å². The standard InChI is InChI=1S/C11H14F3NO3/c1-3-4-9(7-17-2)5-6-15-8-18-10(16)11(12,13)14/h3-6H,7-8H2,1-2H3/b4-3-,9-5+,15-6?. The molecule has 0 aromatic rings. The van der Waals surface area contributed by atoms with Crippen LogP contribution >= 0.6 is 0 Å². The van der Waals surface area contributed by atoms with Crippen LogP contribution in [0.2, 0.25) is 0 Å². The van der Waals surface area contributed by atoms with E-state index < -0.39 is 18.9 Å². The smallest absolute Gasteiger partial charge is 0.436 e. The number of hydrogen-bond donors (Lipinski definition) is 0. The molecule has 4 nitrogen and oxygen atoms in total. The fourth-order valence-electron chi connectivity index (χ4n) is 0.902. The van der Waals surface area contributed by atoms with Crippen molar-refractivity contribution in [2.24, 2.45) is 4.99 Å². The molecule has 7 heteroatoms. The van der Waals surface area contributed by atoms with E-state index in [1.165, 1.54) is 13.3 Å². The van der Waals surface area contributed by atoms with Crippen LogP contribution in [0.1, 0.15) is 6.92 Å². The Morgan fingerprint density at radius 2 is 2.06 bits per heavy atom. The number of esters is 1.